The quantitative estimate of drug-likeness (QED) is 0.816. The summed E-state index contributed by atoms with van der Waals surface area (Å²) in [5.74, 6) is -0.521. The Balaban J connectivity index is 1.87. The zero-order chi connectivity index (χ0) is 18.8. The van der Waals surface area contributed by atoms with Crippen LogP contribution in [0.25, 0.3) is 0 Å². The number of aromatic nitrogens is 1. The van der Waals surface area contributed by atoms with Gasteiger partial charge < -0.3 is 19.5 Å². The Kier molecular flexibility index (Phi) is 5.23. The predicted molar refractivity (Wildman–Crippen MR) is 101 cm³/mol. The maximum atomic E-state index is 12.9. The number of anilines is 1. The molecule has 138 valence electrons. The van der Waals surface area contributed by atoms with Gasteiger partial charge in [-0.15, -0.1) is 0 Å². The van der Waals surface area contributed by atoms with Crippen LogP contribution in [-0.2, 0) is 11.3 Å². The van der Waals surface area contributed by atoms with E-state index in [2.05, 4.69) is 35.9 Å². The molecule has 0 radical (unpaired) electrons. The van der Waals surface area contributed by atoms with E-state index in [1.54, 1.807) is 23.1 Å². The number of halogens is 1. The van der Waals surface area contributed by atoms with E-state index in [0.717, 1.165) is 18.7 Å². The third kappa shape index (κ3) is 3.29. The van der Waals surface area contributed by atoms with Crippen LogP contribution in [0.1, 0.15) is 41.1 Å². The number of fused-ring (bicyclic) bond motifs is 1. The van der Waals surface area contributed by atoms with Gasteiger partial charge in [0, 0.05) is 29.5 Å². The summed E-state index contributed by atoms with van der Waals surface area (Å²) in [5, 5.41) is 3.26. The van der Waals surface area contributed by atoms with Crippen molar-refractivity contribution in [1.29, 1.82) is 0 Å². The molecule has 2 amide bonds. The highest BCUT2D eigenvalue weighted by Crippen LogP contribution is 2.31. The maximum absolute atomic E-state index is 12.9. The Morgan fingerprint density at radius 1 is 1.27 bits per heavy atom. The van der Waals surface area contributed by atoms with Gasteiger partial charge in [0.2, 0.25) is 0 Å². The molecular formula is C19H22ClN3O3. The van der Waals surface area contributed by atoms with Gasteiger partial charge in [-0.1, -0.05) is 18.5 Å². The SMILES string of the molecule is CC[C@H]1c2ccc(C)n2CCN1C(=O)Nc1cc(Cl)ccc1C(=O)OC. The molecule has 1 N–H and O–H groups in total. The van der Waals surface area contributed by atoms with Crippen molar-refractivity contribution in [2.45, 2.75) is 32.9 Å². The molecule has 1 atom stereocenters. The lowest BCUT2D eigenvalue weighted by Crippen LogP contribution is -2.44. The number of carbonyl (C=O) groups excluding carboxylic acids is 2. The molecule has 0 fully saturated rings. The number of amides is 2. The fraction of sp³-hybridized carbons (Fsp3) is 0.368. The number of hydrogen-bond donors (Lipinski definition) is 1. The summed E-state index contributed by atoms with van der Waals surface area (Å²) in [7, 11) is 1.30. The Bertz CT molecular complexity index is 847. The van der Waals surface area contributed by atoms with Crippen molar-refractivity contribution in [3.05, 3.63) is 52.3 Å². The second-order valence-corrected chi connectivity index (χ2v) is 6.72. The van der Waals surface area contributed by atoms with Crippen LogP contribution < -0.4 is 5.32 Å². The van der Waals surface area contributed by atoms with Crippen LogP contribution in [0.4, 0.5) is 10.5 Å². The zero-order valence-corrected chi connectivity index (χ0v) is 15.8. The van der Waals surface area contributed by atoms with Crippen molar-refractivity contribution in [1.82, 2.24) is 9.47 Å². The van der Waals surface area contributed by atoms with Gasteiger partial charge in [-0.2, -0.15) is 0 Å². The van der Waals surface area contributed by atoms with Crippen LogP contribution in [0.2, 0.25) is 5.02 Å². The highest BCUT2D eigenvalue weighted by molar-refractivity contribution is 6.31. The van der Waals surface area contributed by atoms with E-state index < -0.39 is 5.97 Å². The van der Waals surface area contributed by atoms with Gasteiger partial charge in [0.05, 0.1) is 24.4 Å². The highest BCUT2D eigenvalue weighted by atomic mass is 35.5. The van der Waals surface area contributed by atoms with Gasteiger partial charge in [-0.3, -0.25) is 0 Å². The first-order chi connectivity index (χ1) is 12.5. The van der Waals surface area contributed by atoms with Gasteiger partial charge in [0.15, 0.2) is 0 Å². The number of carbonyl (C=O) groups is 2. The molecule has 0 aliphatic carbocycles. The lowest BCUT2D eigenvalue weighted by Gasteiger charge is -2.37. The summed E-state index contributed by atoms with van der Waals surface area (Å²) in [5.41, 5.74) is 2.95. The van der Waals surface area contributed by atoms with E-state index in [4.69, 9.17) is 16.3 Å². The summed E-state index contributed by atoms with van der Waals surface area (Å²) in [6.07, 6.45) is 0.802. The number of benzene rings is 1. The Hall–Kier alpha value is -2.47. The molecule has 7 heteroatoms. The Morgan fingerprint density at radius 2 is 2.04 bits per heavy atom. The molecule has 1 aromatic heterocycles. The van der Waals surface area contributed by atoms with Crippen molar-refractivity contribution in [3.8, 4) is 0 Å². The number of esters is 1. The minimum Gasteiger partial charge on any atom is -0.465 e. The summed E-state index contributed by atoms with van der Waals surface area (Å²) >= 11 is 6.04. The molecule has 1 aliphatic heterocycles. The van der Waals surface area contributed by atoms with E-state index in [0.29, 0.717) is 17.3 Å². The summed E-state index contributed by atoms with van der Waals surface area (Å²) in [4.78, 5) is 26.7. The number of rotatable bonds is 3. The van der Waals surface area contributed by atoms with E-state index in [1.807, 2.05) is 0 Å². The van der Waals surface area contributed by atoms with Crippen molar-refractivity contribution in [3.63, 3.8) is 0 Å². The van der Waals surface area contributed by atoms with E-state index in [1.165, 1.54) is 12.8 Å². The molecule has 0 unspecified atom stereocenters. The van der Waals surface area contributed by atoms with Crippen LogP contribution >= 0.6 is 11.6 Å². The first kappa shape index (κ1) is 18.3. The first-order valence-electron chi connectivity index (χ1n) is 8.57. The van der Waals surface area contributed by atoms with Crippen molar-refractivity contribution in [2.24, 2.45) is 0 Å². The predicted octanol–water partition coefficient (Wildman–Crippen LogP) is 4.24. The highest BCUT2D eigenvalue weighted by Gasteiger charge is 2.31. The third-order valence-corrected chi connectivity index (χ3v) is 5.03. The van der Waals surface area contributed by atoms with Crippen LogP contribution in [0.5, 0.6) is 0 Å². The largest absolute Gasteiger partial charge is 0.465 e. The number of nitrogens with zero attached hydrogens (tertiary/aromatic N) is 2. The van der Waals surface area contributed by atoms with E-state index >= 15 is 0 Å². The topological polar surface area (TPSA) is 63.6 Å². The van der Waals surface area contributed by atoms with Crippen molar-refractivity contribution >= 4 is 29.3 Å². The lowest BCUT2D eigenvalue weighted by molar-refractivity contribution is 0.0602. The van der Waals surface area contributed by atoms with Crippen LogP contribution in [0.3, 0.4) is 0 Å². The number of aryl methyl sites for hydroxylation is 1. The van der Waals surface area contributed by atoms with Crippen LogP contribution in [0.15, 0.2) is 30.3 Å². The van der Waals surface area contributed by atoms with E-state index in [-0.39, 0.29) is 17.6 Å². The van der Waals surface area contributed by atoms with Crippen molar-refractivity contribution in [2.75, 3.05) is 19.0 Å². The summed E-state index contributed by atoms with van der Waals surface area (Å²) in [6, 6.07) is 8.57. The maximum Gasteiger partial charge on any atom is 0.339 e. The molecule has 0 saturated heterocycles. The number of ether oxygens (including phenoxy) is 1. The number of nitrogens with one attached hydrogen (secondary N) is 1. The molecule has 0 saturated carbocycles. The van der Waals surface area contributed by atoms with Crippen LogP contribution in [0, 0.1) is 6.92 Å². The number of methoxy groups -OCH3 is 1. The molecule has 3 rings (SSSR count). The van der Waals surface area contributed by atoms with Gasteiger partial charge in [-0.05, 0) is 43.7 Å². The average molecular weight is 376 g/mol. The molecule has 2 heterocycles. The second-order valence-electron chi connectivity index (χ2n) is 6.28. The summed E-state index contributed by atoms with van der Waals surface area (Å²) in [6.45, 7) is 5.47. The number of hydrogen-bond acceptors (Lipinski definition) is 3. The number of urea groups is 1. The van der Waals surface area contributed by atoms with Crippen molar-refractivity contribution < 1.29 is 14.3 Å². The molecule has 2 aromatic rings. The molecule has 1 aromatic carbocycles. The zero-order valence-electron chi connectivity index (χ0n) is 15.1. The van der Waals surface area contributed by atoms with E-state index in [9.17, 15) is 9.59 Å². The monoisotopic (exact) mass is 375 g/mol. The summed E-state index contributed by atoms with van der Waals surface area (Å²) < 4.78 is 7.03. The minimum atomic E-state index is -0.521. The molecule has 26 heavy (non-hydrogen) atoms. The average Bonchev–Trinajstić information content (AvgIpc) is 3.01. The molecule has 0 bridgehead atoms. The van der Waals surface area contributed by atoms with Gasteiger partial charge in [0.1, 0.15) is 0 Å². The van der Waals surface area contributed by atoms with Crippen LogP contribution in [-0.4, -0.2) is 35.1 Å². The normalized spacial score (nSPS) is 16.2. The molecule has 1 aliphatic rings. The van der Waals surface area contributed by atoms with Gasteiger partial charge in [-0.25, -0.2) is 9.59 Å². The minimum absolute atomic E-state index is 0.0155. The Labute approximate surface area is 157 Å². The lowest BCUT2D eigenvalue weighted by atomic mass is 10.1. The Morgan fingerprint density at radius 3 is 2.73 bits per heavy atom. The molecule has 6 nitrogen and oxygen atoms in total. The first-order valence-corrected chi connectivity index (χ1v) is 8.95. The smallest absolute Gasteiger partial charge is 0.339 e. The molecular weight excluding hydrogens is 354 g/mol. The fourth-order valence-electron chi connectivity index (χ4n) is 3.48. The standard InChI is InChI=1S/C19H22ClN3O3/c1-4-16-17-8-5-12(2)22(17)9-10-23(16)19(25)21-15-11-13(20)6-7-14(15)18(24)26-3/h5-8,11,16H,4,9-10H2,1-3H3,(H,21,25)/t16-/m0/s1. The van der Waals surface area contributed by atoms with Gasteiger partial charge >= 0.3 is 12.0 Å². The third-order valence-electron chi connectivity index (χ3n) is 4.79. The fourth-order valence-corrected chi connectivity index (χ4v) is 3.65. The second kappa shape index (κ2) is 7.41. The molecule has 0 spiro atoms. The van der Waals surface area contributed by atoms with Gasteiger partial charge in [0.25, 0.3) is 0 Å².